The smallest absolute Gasteiger partial charge is 0.330 e. The van der Waals surface area contributed by atoms with Crippen molar-refractivity contribution in [3.63, 3.8) is 0 Å². The van der Waals surface area contributed by atoms with Crippen LogP contribution in [0.1, 0.15) is 66.7 Å². The van der Waals surface area contributed by atoms with Crippen molar-refractivity contribution in [2.45, 2.75) is 104 Å². The second-order valence-electron chi connectivity index (χ2n) is 10.7. The number of aryl methyl sites for hydroxylation is 1. The van der Waals surface area contributed by atoms with E-state index in [4.69, 9.17) is 20.4 Å². The molecule has 3 rings (SSSR count). The molecule has 0 saturated carbocycles. The van der Waals surface area contributed by atoms with Gasteiger partial charge in [0, 0.05) is 29.9 Å². The molecule has 38 heavy (non-hydrogen) atoms. The lowest BCUT2D eigenvalue weighted by molar-refractivity contribution is -0.129. The number of aromatic amines is 1. The molecule has 2 saturated heterocycles. The molecule has 5 atom stereocenters. The number of hydrogen-bond acceptors (Lipinski definition) is 7. The van der Waals surface area contributed by atoms with Gasteiger partial charge >= 0.3 is 11.7 Å². The Kier molecular flexibility index (Phi) is 9.76. The number of nitrogens with zero attached hydrogens (tertiary/aromatic N) is 4. The van der Waals surface area contributed by atoms with Gasteiger partial charge in [0.2, 0.25) is 6.54 Å². The number of aromatic nitrogens is 2. The van der Waals surface area contributed by atoms with Crippen molar-refractivity contribution in [1.82, 2.24) is 24.4 Å². The van der Waals surface area contributed by atoms with Gasteiger partial charge in [-0.1, -0.05) is 6.92 Å². The number of fused-ring (bicyclic) bond motifs is 2. The Morgan fingerprint density at radius 3 is 2.53 bits per heavy atom. The second kappa shape index (κ2) is 12.3. The maximum atomic E-state index is 13.4. The Hall–Kier alpha value is -2.29. The Morgan fingerprint density at radius 1 is 1.32 bits per heavy atom. The van der Waals surface area contributed by atoms with E-state index in [2.05, 4.69) is 47.5 Å². The molecule has 2 bridgehead atoms. The third kappa shape index (κ3) is 5.97. The number of nitrogens with one attached hydrogen (secondary N) is 2. The van der Waals surface area contributed by atoms with Crippen LogP contribution in [-0.4, -0.2) is 80.7 Å². The zero-order chi connectivity index (χ0) is 28.4. The Bertz CT molecular complexity index is 1140. The minimum absolute atomic E-state index is 0.0900. The van der Waals surface area contributed by atoms with Crippen LogP contribution in [0.2, 0.25) is 0 Å². The molecule has 212 valence electrons. The fraction of sp³-hybridized carbons (Fsp3) is 0.760. The monoisotopic (exact) mass is 552 g/mol. The van der Waals surface area contributed by atoms with Gasteiger partial charge in [-0.2, -0.15) is 0 Å². The van der Waals surface area contributed by atoms with Crippen molar-refractivity contribution in [2.75, 3.05) is 19.7 Å². The summed E-state index contributed by atoms with van der Waals surface area (Å²) in [5.74, 6) is 0. The first-order valence-corrected chi connectivity index (χ1v) is 14.3. The van der Waals surface area contributed by atoms with Crippen molar-refractivity contribution in [3.8, 4) is 0 Å². The Labute approximate surface area is 225 Å². The van der Waals surface area contributed by atoms with Gasteiger partial charge < -0.3 is 28.8 Å². The van der Waals surface area contributed by atoms with Crippen LogP contribution >= 0.6 is 8.53 Å². The van der Waals surface area contributed by atoms with Crippen LogP contribution in [0.4, 0.5) is 4.79 Å². The average Bonchev–Trinajstić information content (AvgIpc) is 3.30. The van der Waals surface area contributed by atoms with Gasteiger partial charge in [0.15, 0.2) is 6.23 Å². The van der Waals surface area contributed by atoms with Gasteiger partial charge in [-0.05, 0) is 54.9 Å². The second-order valence-corrected chi connectivity index (χ2v) is 12.1. The van der Waals surface area contributed by atoms with Gasteiger partial charge in [0.1, 0.15) is 24.4 Å². The van der Waals surface area contributed by atoms with Crippen LogP contribution in [0.3, 0.4) is 0 Å². The van der Waals surface area contributed by atoms with E-state index < -0.39 is 43.7 Å². The van der Waals surface area contributed by atoms with E-state index in [9.17, 15) is 14.4 Å². The minimum Gasteiger partial charge on any atom is -0.344 e. The number of urea groups is 1. The molecule has 13 heteroatoms. The third-order valence-electron chi connectivity index (χ3n) is 6.82. The number of morpholine rings is 1. The van der Waals surface area contributed by atoms with Gasteiger partial charge in [-0.3, -0.25) is 14.3 Å². The molecule has 2 fully saturated rings. The van der Waals surface area contributed by atoms with Crippen molar-refractivity contribution in [1.29, 1.82) is 0 Å². The summed E-state index contributed by atoms with van der Waals surface area (Å²) in [4.78, 5) is 45.8. The van der Waals surface area contributed by atoms with E-state index in [0.717, 1.165) is 0 Å². The zero-order valence-electron chi connectivity index (χ0n) is 23.6. The molecule has 1 unspecified atom stereocenters. The highest BCUT2D eigenvalue weighted by Gasteiger charge is 2.66. The quantitative estimate of drug-likeness (QED) is 0.246. The molecule has 2 N–H and O–H groups in total. The van der Waals surface area contributed by atoms with E-state index in [1.54, 1.807) is 11.8 Å². The number of ether oxygens (including phenoxy) is 1. The molecular weight excluding hydrogens is 511 g/mol. The van der Waals surface area contributed by atoms with Crippen LogP contribution < -0.4 is 16.6 Å². The standard InChI is InChI=1S/C25H41N6O6P/c1-10-25-14-30(23(33)27-15(2)3)19(22(36-25)29-13-18(8)21(32)28-24(29)34)20(25)37-38(35-12-11-26-9)31(16(4)5)17(6)7/h13,15-17,19-20,22H,10-12,14H2,1-8H3,(H,27,33)(H,28,32,34)/t19-,20+,22-,25+,38?/m1/s1. The van der Waals surface area contributed by atoms with Gasteiger partial charge in [0.25, 0.3) is 14.1 Å². The van der Waals surface area contributed by atoms with Gasteiger partial charge in [0.05, 0.1) is 6.54 Å². The molecule has 0 aliphatic carbocycles. The van der Waals surface area contributed by atoms with Crippen LogP contribution in [0.15, 0.2) is 15.8 Å². The largest absolute Gasteiger partial charge is 0.344 e. The molecule has 2 aliphatic heterocycles. The van der Waals surface area contributed by atoms with Gasteiger partial charge in [-0.15, -0.1) is 0 Å². The number of likely N-dealkylation sites (tertiary alicyclic amines) is 1. The summed E-state index contributed by atoms with van der Waals surface area (Å²) in [5.41, 5.74) is -1.64. The molecule has 0 aromatic carbocycles. The van der Waals surface area contributed by atoms with E-state index in [1.165, 1.54) is 10.8 Å². The SMILES string of the molecule is [C-]#[N+]CCOP(O[C@H]1[C@@H]2[C@H](n3cc(C)c(=O)[nH]c3=O)O[C@@]1(CC)CN2C(=O)NC(C)C)N(C(C)C)C(C)C. The minimum atomic E-state index is -1.63. The zero-order valence-corrected chi connectivity index (χ0v) is 24.4. The lowest BCUT2D eigenvalue weighted by Crippen LogP contribution is -2.54. The van der Waals surface area contributed by atoms with Crippen molar-refractivity contribution >= 4 is 14.6 Å². The van der Waals surface area contributed by atoms with Crippen LogP contribution in [0.5, 0.6) is 0 Å². The van der Waals surface area contributed by atoms with Crippen molar-refractivity contribution in [3.05, 3.63) is 44.0 Å². The van der Waals surface area contributed by atoms with E-state index in [1.807, 2.05) is 20.8 Å². The van der Waals surface area contributed by atoms with Gasteiger partial charge in [-0.25, -0.2) is 20.8 Å². The normalized spacial score (nSPS) is 25.6. The summed E-state index contributed by atoms with van der Waals surface area (Å²) in [6, 6.07) is -0.853. The van der Waals surface area contributed by atoms with E-state index >= 15 is 0 Å². The maximum Gasteiger partial charge on any atom is 0.330 e. The molecular formula is C25H41N6O6P. The molecule has 2 amide bonds. The van der Waals surface area contributed by atoms with Crippen LogP contribution in [0.25, 0.3) is 4.85 Å². The number of H-pyrrole nitrogens is 1. The molecule has 1 aromatic rings. The summed E-state index contributed by atoms with van der Waals surface area (Å²) in [7, 11) is -1.63. The molecule has 0 spiro atoms. The Balaban J connectivity index is 2.09. The van der Waals surface area contributed by atoms with Crippen LogP contribution in [0, 0.1) is 13.5 Å². The molecule has 2 aliphatic rings. The first-order chi connectivity index (χ1) is 17.9. The lowest BCUT2D eigenvalue weighted by Gasteiger charge is -2.38. The van der Waals surface area contributed by atoms with Crippen molar-refractivity contribution < 1.29 is 18.6 Å². The number of carbonyl (C=O) groups excluding carboxylic acids is 1. The fourth-order valence-corrected chi connectivity index (χ4v) is 6.96. The first-order valence-electron chi connectivity index (χ1n) is 13.1. The predicted molar refractivity (Wildman–Crippen MR) is 145 cm³/mol. The van der Waals surface area contributed by atoms with E-state index in [-0.39, 0.29) is 43.9 Å². The maximum absolute atomic E-state index is 13.4. The number of hydrogen-bond donors (Lipinski definition) is 2. The highest BCUT2D eigenvalue weighted by atomic mass is 31.2. The first kappa shape index (κ1) is 30.3. The van der Waals surface area contributed by atoms with Crippen molar-refractivity contribution in [2.24, 2.45) is 0 Å². The summed E-state index contributed by atoms with van der Waals surface area (Å²) in [6.45, 7) is 23.4. The third-order valence-corrected chi connectivity index (χ3v) is 8.93. The number of amides is 2. The Morgan fingerprint density at radius 2 is 1.97 bits per heavy atom. The number of carbonyl (C=O) groups is 1. The molecule has 1 aromatic heterocycles. The predicted octanol–water partition coefficient (Wildman–Crippen LogP) is 2.99. The fourth-order valence-electron chi connectivity index (χ4n) is 5.15. The highest BCUT2D eigenvalue weighted by molar-refractivity contribution is 7.44. The molecule has 0 radical (unpaired) electrons. The average molecular weight is 553 g/mol. The number of rotatable bonds is 11. The van der Waals surface area contributed by atoms with Crippen LogP contribution in [-0.2, 0) is 13.8 Å². The molecule has 3 heterocycles. The van der Waals surface area contributed by atoms with E-state index in [0.29, 0.717) is 12.0 Å². The topological polar surface area (TPSA) is 122 Å². The lowest BCUT2D eigenvalue weighted by atomic mass is 9.96. The summed E-state index contributed by atoms with van der Waals surface area (Å²) < 4.78 is 23.0. The summed E-state index contributed by atoms with van der Waals surface area (Å²) in [5, 5.41) is 2.95. The summed E-state index contributed by atoms with van der Waals surface area (Å²) >= 11 is 0. The molecule has 12 nitrogen and oxygen atoms in total. The highest BCUT2D eigenvalue weighted by Crippen LogP contribution is 2.56. The summed E-state index contributed by atoms with van der Waals surface area (Å²) in [6.07, 6.45) is 0.492.